The van der Waals surface area contributed by atoms with Crippen LogP contribution in [0.3, 0.4) is 0 Å². The zero-order chi connectivity index (χ0) is 23.6. The van der Waals surface area contributed by atoms with Crippen molar-refractivity contribution in [1.82, 2.24) is 18.3 Å². The number of sulfonamides is 1. The first kappa shape index (κ1) is 22.9. The molecule has 9 nitrogen and oxygen atoms in total. The van der Waals surface area contributed by atoms with Gasteiger partial charge in [-0.25, -0.2) is 13.4 Å². The summed E-state index contributed by atoms with van der Waals surface area (Å²) in [7, 11) is -3.74. The van der Waals surface area contributed by atoms with Crippen LogP contribution in [-0.4, -0.2) is 45.7 Å². The average Bonchev–Trinajstić information content (AvgIpc) is 3.39. The molecule has 1 amide bonds. The number of hydrogen-bond donors (Lipinski definition) is 1. The Morgan fingerprint density at radius 1 is 1.09 bits per heavy atom. The van der Waals surface area contributed by atoms with Crippen molar-refractivity contribution in [2.75, 3.05) is 18.4 Å². The summed E-state index contributed by atoms with van der Waals surface area (Å²) in [5.74, 6) is -0.440. The van der Waals surface area contributed by atoms with Crippen molar-refractivity contribution in [3.63, 3.8) is 0 Å². The Kier molecular flexibility index (Phi) is 6.45. The van der Waals surface area contributed by atoms with E-state index in [2.05, 4.69) is 10.3 Å². The zero-order valence-corrected chi connectivity index (χ0v) is 19.8. The molecule has 172 valence electrons. The Labute approximate surface area is 195 Å². The summed E-state index contributed by atoms with van der Waals surface area (Å²) < 4.78 is 29.8. The summed E-state index contributed by atoms with van der Waals surface area (Å²) in [6.45, 7) is 3.80. The number of amides is 1. The van der Waals surface area contributed by atoms with E-state index in [4.69, 9.17) is 0 Å². The Balaban J connectivity index is 1.47. The lowest BCUT2D eigenvalue weighted by molar-refractivity contribution is -0.116. The second-order valence-corrected chi connectivity index (χ2v) is 10.1. The number of anilines is 1. The van der Waals surface area contributed by atoms with Crippen molar-refractivity contribution < 1.29 is 13.2 Å². The normalized spacial score (nSPS) is 11.8. The number of benzene rings is 1. The van der Waals surface area contributed by atoms with Crippen molar-refractivity contribution in [2.24, 2.45) is 0 Å². The molecule has 0 spiro atoms. The standard InChI is InChI=1S/C22H23N5O4S2/c1-3-27(4-2)33(30,31)18-9-10-21(29)26(13-18)15-20(28)23-17-7-5-16(6-8-17)19-14-25-11-12-32-22(25)24-19/h5-14H,3-4,15H2,1-2H3,(H,23,28). The molecule has 0 fully saturated rings. The molecule has 1 aromatic carbocycles. The third kappa shape index (κ3) is 4.75. The van der Waals surface area contributed by atoms with Crippen LogP contribution >= 0.6 is 11.3 Å². The van der Waals surface area contributed by atoms with Crippen LogP contribution in [0.25, 0.3) is 16.2 Å². The van der Waals surface area contributed by atoms with E-state index >= 15 is 0 Å². The first-order chi connectivity index (χ1) is 15.8. The van der Waals surface area contributed by atoms with Crippen LogP contribution < -0.4 is 10.9 Å². The minimum absolute atomic E-state index is 0.0251. The summed E-state index contributed by atoms with van der Waals surface area (Å²) >= 11 is 1.55. The summed E-state index contributed by atoms with van der Waals surface area (Å²) in [4.78, 5) is 30.2. The molecule has 0 bridgehead atoms. The molecule has 33 heavy (non-hydrogen) atoms. The number of nitrogens with one attached hydrogen (secondary N) is 1. The van der Waals surface area contributed by atoms with Gasteiger partial charge in [-0.2, -0.15) is 4.31 Å². The fourth-order valence-corrected chi connectivity index (χ4v) is 5.62. The number of hydrogen-bond acceptors (Lipinski definition) is 6. The number of fused-ring (bicyclic) bond motifs is 1. The molecule has 0 saturated carbocycles. The summed E-state index contributed by atoms with van der Waals surface area (Å²) in [6, 6.07) is 9.64. The Hall–Kier alpha value is -3.28. The predicted molar refractivity (Wildman–Crippen MR) is 128 cm³/mol. The van der Waals surface area contributed by atoms with Crippen molar-refractivity contribution >= 4 is 37.9 Å². The molecule has 4 aromatic rings. The second kappa shape index (κ2) is 9.30. The number of thiazole rings is 1. The first-order valence-corrected chi connectivity index (χ1v) is 12.7. The van der Waals surface area contributed by atoms with Crippen LogP contribution in [0, 0.1) is 0 Å². The van der Waals surface area contributed by atoms with Gasteiger partial charge in [0, 0.05) is 54.4 Å². The third-order valence-corrected chi connectivity index (χ3v) is 7.98. The highest BCUT2D eigenvalue weighted by Crippen LogP contribution is 2.23. The molecule has 1 N–H and O–H groups in total. The van der Waals surface area contributed by atoms with E-state index in [9.17, 15) is 18.0 Å². The number of imidazole rings is 1. The van der Waals surface area contributed by atoms with Gasteiger partial charge in [0.1, 0.15) is 6.54 Å². The van der Waals surface area contributed by atoms with Gasteiger partial charge in [-0.15, -0.1) is 11.3 Å². The van der Waals surface area contributed by atoms with Crippen LogP contribution in [0.2, 0.25) is 0 Å². The van der Waals surface area contributed by atoms with E-state index < -0.39 is 21.5 Å². The lowest BCUT2D eigenvalue weighted by Crippen LogP contribution is -2.33. The monoisotopic (exact) mass is 485 g/mol. The smallest absolute Gasteiger partial charge is 0.251 e. The van der Waals surface area contributed by atoms with E-state index in [1.54, 1.807) is 37.3 Å². The maximum Gasteiger partial charge on any atom is 0.251 e. The van der Waals surface area contributed by atoms with E-state index in [0.717, 1.165) is 26.9 Å². The Morgan fingerprint density at radius 3 is 2.48 bits per heavy atom. The van der Waals surface area contributed by atoms with Crippen LogP contribution in [0.15, 0.2) is 70.1 Å². The second-order valence-electron chi connectivity index (χ2n) is 7.26. The van der Waals surface area contributed by atoms with Gasteiger partial charge in [0.25, 0.3) is 5.56 Å². The third-order valence-electron chi connectivity index (χ3n) is 5.17. The maximum atomic E-state index is 12.7. The fourth-order valence-electron chi connectivity index (χ4n) is 3.44. The molecule has 3 aromatic heterocycles. The van der Waals surface area contributed by atoms with Gasteiger partial charge in [0.05, 0.1) is 10.6 Å². The molecule has 0 saturated heterocycles. The molecular weight excluding hydrogens is 462 g/mol. The number of pyridine rings is 1. The number of rotatable bonds is 8. The topological polar surface area (TPSA) is 106 Å². The highest BCUT2D eigenvalue weighted by molar-refractivity contribution is 7.89. The largest absolute Gasteiger partial charge is 0.325 e. The fraction of sp³-hybridized carbons (Fsp3) is 0.227. The summed E-state index contributed by atoms with van der Waals surface area (Å²) in [6.07, 6.45) is 5.09. The molecular formula is C22H23N5O4S2. The van der Waals surface area contributed by atoms with Crippen molar-refractivity contribution in [2.45, 2.75) is 25.3 Å². The molecule has 4 rings (SSSR count). The number of aromatic nitrogens is 3. The molecule has 0 aliphatic rings. The van der Waals surface area contributed by atoms with Gasteiger partial charge in [-0.1, -0.05) is 26.0 Å². The van der Waals surface area contributed by atoms with Gasteiger partial charge < -0.3 is 9.88 Å². The quantitative estimate of drug-likeness (QED) is 0.413. The minimum Gasteiger partial charge on any atom is -0.325 e. The number of carbonyl (C=O) groups is 1. The lowest BCUT2D eigenvalue weighted by Gasteiger charge is -2.19. The van der Waals surface area contributed by atoms with Gasteiger partial charge in [0.15, 0.2) is 4.96 Å². The SMILES string of the molecule is CCN(CC)S(=O)(=O)c1ccc(=O)n(CC(=O)Nc2ccc(-c3cn4ccsc4n3)cc2)c1. The van der Waals surface area contributed by atoms with Gasteiger partial charge in [0.2, 0.25) is 15.9 Å². The minimum atomic E-state index is -3.74. The number of nitrogens with zero attached hydrogens (tertiary/aromatic N) is 4. The molecule has 11 heteroatoms. The van der Waals surface area contributed by atoms with Crippen LogP contribution in [0.1, 0.15) is 13.8 Å². The summed E-state index contributed by atoms with van der Waals surface area (Å²) in [5.41, 5.74) is 1.84. The maximum absolute atomic E-state index is 12.7. The molecule has 0 aliphatic carbocycles. The first-order valence-electron chi connectivity index (χ1n) is 10.3. The van der Waals surface area contributed by atoms with Gasteiger partial charge in [-0.05, 0) is 18.2 Å². The Morgan fingerprint density at radius 2 is 1.82 bits per heavy atom. The van der Waals surface area contributed by atoms with Crippen LogP contribution in [0.5, 0.6) is 0 Å². The zero-order valence-electron chi connectivity index (χ0n) is 18.1. The lowest BCUT2D eigenvalue weighted by atomic mass is 10.1. The van der Waals surface area contributed by atoms with E-state index in [1.165, 1.54) is 16.6 Å². The highest BCUT2D eigenvalue weighted by Gasteiger charge is 2.22. The molecule has 0 radical (unpaired) electrons. The van der Waals surface area contributed by atoms with Crippen LogP contribution in [0.4, 0.5) is 5.69 Å². The summed E-state index contributed by atoms with van der Waals surface area (Å²) in [5, 5.41) is 4.70. The highest BCUT2D eigenvalue weighted by atomic mass is 32.2. The van der Waals surface area contributed by atoms with Crippen molar-refractivity contribution in [1.29, 1.82) is 0 Å². The molecule has 0 aliphatic heterocycles. The van der Waals surface area contributed by atoms with E-state index in [-0.39, 0.29) is 11.4 Å². The predicted octanol–water partition coefficient (Wildman–Crippen LogP) is 2.89. The van der Waals surface area contributed by atoms with Crippen molar-refractivity contribution in [3.05, 3.63) is 70.7 Å². The molecule has 0 unspecified atom stereocenters. The van der Waals surface area contributed by atoms with Gasteiger partial charge in [-0.3, -0.25) is 14.0 Å². The van der Waals surface area contributed by atoms with Crippen LogP contribution in [-0.2, 0) is 21.4 Å². The van der Waals surface area contributed by atoms with E-state index in [1.807, 2.05) is 34.3 Å². The number of carbonyl (C=O) groups excluding carboxylic acids is 1. The molecule has 0 atom stereocenters. The Bertz CT molecular complexity index is 1420. The molecule has 3 heterocycles. The van der Waals surface area contributed by atoms with Crippen molar-refractivity contribution in [3.8, 4) is 11.3 Å². The van der Waals surface area contributed by atoms with E-state index in [0.29, 0.717) is 18.8 Å². The average molecular weight is 486 g/mol. The van der Waals surface area contributed by atoms with Gasteiger partial charge >= 0.3 is 0 Å².